The Morgan fingerprint density at radius 2 is 2.38 bits per heavy atom. The first-order chi connectivity index (χ1) is 6.35. The lowest BCUT2D eigenvalue weighted by Gasteiger charge is -2.02. The molecule has 0 saturated heterocycles. The molecule has 0 amide bonds. The molecule has 1 fully saturated rings. The van der Waals surface area contributed by atoms with Gasteiger partial charge in [-0.05, 0) is 42.5 Å². The predicted molar refractivity (Wildman–Crippen MR) is 52.9 cm³/mol. The van der Waals surface area contributed by atoms with Gasteiger partial charge in [0.1, 0.15) is 5.75 Å². The Kier molecular flexibility index (Phi) is 2.23. The van der Waals surface area contributed by atoms with Gasteiger partial charge >= 0.3 is 0 Å². The monoisotopic (exact) mass is 177 g/mol. The fourth-order valence-electron chi connectivity index (χ4n) is 1.79. The van der Waals surface area contributed by atoms with E-state index in [-0.39, 0.29) is 0 Å². The van der Waals surface area contributed by atoms with Gasteiger partial charge in [0, 0.05) is 0 Å². The van der Waals surface area contributed by atoms with Crippen molar-refractivity contribution in [1.29, 1.82) is 0 Å². The highest BCUT2D eigenvalue weighted by molar-refractivity contribution is 5.34. The summed E-state index contributed by atoms with van der Waals surface area (Å²) in [7, 11) is 1.70. The van der Waals surface area contributed by atoms with E-state index in [2.05, 4.69) is 12.1 Å². The van der Waals surface area contributed by atoms with Crippen molar-refractivity contribution in [2.24, 2.45) is 11.7 Å². The second kappa shape index (κ2) is 3.38. The number of benzene rings is 1. The molecule has 0 aromatic heterocycles. The highest BCUT2D eigenvalue weighted by Crippen LogP contribution is 2.47. The molecule has 0 aliphatic heterocycles. The largest absolute Gasteiger partial charge is 0.497 e. The van der Waals surface area contributed by atoms with Crippen molar-refractivity contribution in [3.63, 3.8) is 0 Å². The van der Waals surface area contributed by atoms with Crippen molar-refractivity contribution < 1.29 is 4.74 Å². The summed E-state index contributed by atoms with van der Waals surface area (Å²) in [5, 5.41) is 0. The highest BCUT2D eigenvalue weighted by Gasteiger charge is 2.36. The molecule has 2 N–H and O–H groups in total. The molecule has 2 nitrogen and oxygen atoms in total. The molecule has 1 aromatic carbocycles. The van der Waals surface area contributed by atoms with Crippen molar-refractivity contribution in [1.82, 2.24) is 0 Å². The van der Waals surface area contributed by atoms with Gasteiger partial charge in [0.05, 0.1) is 7.11 Å². The lowest BCUT2D eigenvalue weighted by atomic mass is 10.1. The molecule has 0 radical (unpaired) electrons. The second-order valence-electron chi connectivity index (χ2n) is 3.61. The topological polar surface area (TPSA) is 35.2 Å². The van der Waals surface area contributed by atoms with Crippen LogP contribution in [0.25, 0.3) is 0 Å². The standard InChI is InChI=1S/C11H15NO/c1-13-10-4-2-3-8(5-10)11-6-9(11)7-12/h2-5,9,11H,6-7,12H2,1H3/t9-,11?/m0/s1. The Labute approximate surface area is 78.7 Å². The summed E-state index contributed by atoms with van der Waals surface area (Å²) < 4.78 is 5.17. The van der Waals surface area contributed by atoms with E-state index in [9.17, 15) is 0 Å². The summed E-state index contributed by atoms with van der Waals surface area (Å²) in [5.41, 5.74) is 6.97. The van der Waals surface area contributed by atoms with E-state index in [1.807, 2.05) is 12.1 Å². The number of methoxy groups -OCH3 is 1. The minimum atomic E-state index is 0.681. The Balaban J connectivity index is 2.13. The van der Waals surface area contributed by atoms with Gasteiger partial charge in [-0.2, -0.15) is 0 Å². The molecule has 1 unspecified atom stereocenters. The smallest absolute Gasteiger partial charge is 0.119 e. The van der Waals surface area contributed by atoms with E-state index in [0.717, 1.165) is 12.3 Å². The maximum atomic E-state index is 5.60. The van der Waals surface area contributed by atoms with Crippen LogP contribution in [-0.2, 0) is 0 Å². The molecule has 0 spiro atoms. The Bertz CT molecular complexity index is 298. The van der Waals surface area contributed by atoms with Crippen LogP contribution in [-0.4, -0.2) is 13.7 Å². The third-order valence-corrected chi connectivity index (χ3v) is 2.75. The van der Waals surface area contributed by atoms with Crippen molar-refractivity contribution in [2.75, 3.05) is 13.7 Å². The van der Waals surface area contributed by atoms with Crippen LogP contribution < -0.4 is 10.5 Å². The number of ether oxygens (including phenoxy) is 1. The van der Waals surface area contributed by atoms with Gasteiger partial charge in [-0.3, -0.25) is 0 Å². The van der Waals surface area contributed by atoms with Crippen molar-refractivity contribution in [3.05, 3.63) is 29.8 Å². The molecular formula is C11H15NO. The normalized spacial score (nSPS) is 25.7. The van der Waals surface area contributed by atoms with Crippen LogP contribution in [0.2, 0.25) is 0 Å². The molecule has 0 heterocycles. The molecule has 1 aromatic rings. The zero-order chi connectivity index (χ0) is 9.26. The molecule has 2 atom stereocenters. The van der Waals surface area contributed by atoms with Crippen LogP contribution >= 0.6 is 0 Å². The number of rotatable bonds is 3. The molecule has 1 aliphatic carbocycles. The van der Waals surface area contributed by atoms with E-state index in [1.165, 1.54) is 12.0 Å². The first-order valence-corrected chi connectivity index (χ1v) is 4.69. The van der Waals surface area contributed by atoms with Crippen molar-refractivity contribution >= 4 is 0 Å². The third-order valence-electron chi connectivity index (χ3n) is 2.75. The summed E-state index contributed by atoms with van der Waals surface area (Å²) in [6, 6.07) is 8.28. The summed E-state index contributed by atoms with van der Waals surface area (Å²) in [4.78, 5) is 0. The average Bonchev–Trinajstić information content (AvgIpc) is 2.97. The predicted octanol–water partition coefficient (Wildman–Crippen LogP) is 1.76. The lowest BCUT2D eigenvalue weighted by Crippen LogP contribution is -2.01. The van der Waals surface area contributed by atoms with Crippen molar-refractivity contribution in [2.45, 2.75) is 12.3 Å². The van der Waals surface area contributed by atoms with Crippen molar-refractivity contribution in [3.8, 4) is 5.75 Å². The fraction of sp³-hybridized carbons (Fsp3) is 0.455. The van der Waals surface area contributed by atoms with Crippen LogP contribution in [0.5, 0.6) is 5.75 Å². The molecule has 1 aliphatic rings. The average molecular weight is 177 g/mol. The molecule has 2 rings (SSSR count). The molecule has 2 heteroatoms. The van der Waals surface area contributed by atoms with Crippen LogP contribution in [0.4, 0.5) is 0 Å². The van der Waals surface area contributed by atoms with Gasteiger partial charge in [0.2, 0.25) is 0 Å². The van der Waals surface area contributed by atoms with E-state index >= 15 is 0 Å². The maximum Gasteiger partial charge on any atom is 0.119 e. The highest BCUT2D eigenvalue weighted by atomic mass is 16.5. The first kappa shape index (κ1) is 8.57. The van der Waals surface area contributed by atoms with Crippen LogP contribution in [0.15, 0.2) is 24.3 Å². The molecule has 13 heavy (non-hydrogen) atoms. The Morgan fingerprint density at radius 1 is 1.54 bits per heavy atom. The second-order valence-corrected chi connectivity index (χ2v) is 3.61. The number of nitrogens with two attached hydrogens (primary N) is 1. The van der Waals surface area contributed by atoms with Gasteiger partial charge in [0.25, 0.3) is 0 Å². The summed E-state index contributed by atoms with van der Waals surface area (Å²) in [6.07, 6.45) is 1.24. The fourth-order valence-corrected chi connectivity index (χ4v) is 1.79. The maximum absolute atomic E-state index is 5.60. The minimum absolute atomic E-state index is 0.681. The summed E-state index contributed by atoms with van der Waals surface area (Å²) >= 11 is 0. The van der Waals surface area contributed by atoms with Crippen LogP contribution in [0.3, 0.4) is 0 Å². The zero-order valence-corrected chi connectivity index (χ0v) is 7.86. The summed E-state index contributed by atoms with van der Waals surface area (Å²) in [6.45, 7) is 0.807. The van der Waals surface area contributed by atoms with Gasteiger partial charge in [-0.1, -0.05) is 12.1 Å². The molecule has 70 valence electrons. The number of hydrogen-bond donors (Lipinski definition) is 1. The van der Waals surface area contributed by atoms with Gasteiger partial charge in [-0.15, -0.1) is 0 Å². The molecular weight excluding hydrogens is 162 g/mol. The first-order valence-electron chi connectivity index (χ1n) is 4.69. The van der Waals surface area contributed by atoms with E-state index in [0.29, 0.717) is 11.8 Å². The third kappa shape index (κ3) is 1.68. The lowest BCUT2D eigenvalue weighted by molar-refractivity contribution is 0.414. The van der Waals surface area contributed by atoms with Gasteiger partial charge in [0.15, 0.2) is 0 Å². The van der Waals surface area contributed by atoms with Crippen LogP contribution in [0, 0.1) is 5.92 Å². The quantitative estimate of drug-likeness (QED) is 0.763. The SMILES string of the molecule is COc1cccc(C2C[C@H]2CN)c1. The minimum Gasteiger partial charge on any atom is -0.497 e. The van der Waals surface area contributed by atoms with E-state index in [4.69, 9.17) is 10.5 Å². The van der Waals surface area contributed by atoms with Gasteiger partial charge in [-0.25, -0.2) is 0 Å². The van der Waals surface area contributed by atoms with Gasteiger partial charge < -0.3 is 10.5 Å². The Hall–Kier alpha value is -1.02. The zero-order valence-electron chi connectivity index (χ0n) is 7.86. The van der Waals surface area contributed by atoms with E-state index < -0.39 is 0 Å². The molecule has 0 bridgehead atoms. The number of hydrogen-bond acceptors (Lipinski definition) is 2. The Morgan fingerprint density at radius 3 is 3.00 bits per heavy atom. The van der Waals surface area contributed by atoms with Crippen LogP contribution in [0.1, 0.15) is 17.9 Å². The van der Waals surface area contributed by atoms with E-state index in [1.54, 1.807) is 7.11 Å². The summed E-state index contributed by atoms with van der Waals surface area (Å²) in [5.74, 6) is 2.33. The molecule has 1 saturated carbocycles.